The van der Waals surface area contributed by atoms with Crippen molar-refractivity contribution < 1.29 is 9.84 Å². The maximum absolute atomic E-state index is 9.35. The zero-order chi connectivity index (χ0) is 18.0. The van der Waals surface area contributed by atoms with Gasteiger partial charge < -0.3 is 25.4 Å². The third-order valence-electron chi connectivity index (χ3n) is 5.70. The normalized spacial score (nSPS) is 25.5. The molecule has 0 aromatic rings. The van der Waals surface area contributed by atoms with Gasteiger partial charge in [0.05, 0.1) is 13.2 Å². The van der Waals surface area contributed by atoms with Crippen LogP contribution in [0.1, 0.15) is 51.9 Å². The molecule has 2 aliphatic rings. The lowest BCUT2D eigenvalue weighted by Gasteiger charge is -2.31. The van der Waals surface area contributed by atoms with E-state index in [9.17, 15) is 5.11 Å². The number of likely N-dealkylation sites (N-methyl/N-ethyl adjacent to an activating group) is 1. The molecule has 0 bridgehead atoms. The first kappa shape index (κ1) is 20.5. The van der Waals surface area contributed by atoms with Crippen molar-refractivity contribution in [2.24, 2.45) is 10.4 Å². The van der Waals surface area contributed by atoms with Crippen molar-refractivity contribution in [3.63, 3.8) is 0 Å². The van der Waals surface area contributed by atoms with E-state index < -0.39 is 0 Å². The summed E-state index contributed by atoms with van der Waals surface area (Å²) in [5.74, 6) is 0.878. The molecule has 25 heavy (non-hydrogen) atoms. The van der Waals surface area contributed by atoms with Gasteiger partial charge in [0.25, 0.3) is 0 Å². The van der Waals surface area contributed by atoms with E-state index in [-0.39, 0.29) is 12.0 Å². The van der Waals surface area contributed by atoms with E-state index >= 15 is 0 Å². The molecule has 146 valence electrons. The van der Waals surface area contributed by atoms with Gasteiger partial charge in [-0.2, -0.15) is 0 Å². The standard InChI is InChI=1S/C19H38N4O2/c1-3-20-18(22-15-19(9-13-24)10-14-25-16-19)21-11-12-23(2)17-7-5-4-6-8-17/h17,24H,3-16H2,1-2H3,(H2,20,21,22). The maximum atomic E-state index is 9.35. The van der Waals surface area contributed by atoms with Gasteiger partial charge in [0, 0.05) is 44.3 Å². The molecule has 1 saturated heterocycles. The number of aliphatic hydroxyl groups excluding tert-OH is 1. The molecule has 0 amide bonds. The summed E-state index contributed by atoms with van der Waals surface area (Å²) in [6, 6.07) is 0.749. The Balaban J connectivity index is 1.78. The van der Waals surface area contributed by atoms with Crippen LogP contribution in [0.5, 0.6) is 0 Å². The lowest BCUT2D eigenvalue weighted by atomic mass is 9.84. The monoisotopic (exact) mass is 354 g/mol. The molecule has 6 nitrogen and oxygen atoms in total. The van der Waals surface area contributed by atoms with Crippen molar-refractivity contribution in [3.05, 3.63) is 0 Å². The smallest absolute Gasteiger partial charge is 0.191 e. The zero-order valence-corrected chi connectivity index (χ0v) is 16.2. The molecule has 1 saturated carbocycles. The number of guanidine groups is 1. The third-order valence-corrected chi connectivity index (χ3v) is 5.70. The largest absolute Gasteiger partial charge is 0.396 e. The second kappa shape index (κ2) is 11.0. The van der Waals surface area contributed by atoms with Crippen LogP contribution in [0.4, 0.5) is 0 Å². The summed E-state index contributed by atoms with van der Waals surface area (Å²) in [7, 11) is 2.24. The first-order valence-electron chi connectivity index (χ1n) is 10.1. The molecule has 2 rings (SSSR count). The third kappa shape index (κ3) is 6.76. The van der Waals surface area contributed by atoms with Gasteiger partial charge in [-0.15, -0.1) is 0 Å². The van der Waals surface area contributed by atoms with E-state index in [1.807, 2.05) is 0 Å². The van der Waals surface area contributed by atoms with Gasteiger partial charge in [-0.05, 0) is 39.7 Å². The summed E-state index contributed by atoms with van der Waals surface area (Å²) in [5.41, 5.74) is 0.00991. The summed E-state index contributed by atoms with van der Waals surface area (Å²) in [6.45, 7) is 7.30. The molecule has 0 aromatic heterocycles. The van der Waals surface area contributed by atoms with Crippen molar-refractivity contribution >= 4 is 5.96 Å². The highest BCUT2D eigenvalue weighted by Crippen LogP contribution is 2.32. The van der Waals surface area contributed by atoms with Crippen molar-refractivity contribution in [1.29, 1.82) is 0 Å². The fraction of sp³-hybridized carbons (Fsp3) is 0.947. The summed E-state index contributed by atoms with van der Waals surface area (Å²) < 4.78 is 5.56. The fourth-order valence-corrected chi connectivity index (χ4v) is 3.93. The van der Waals surface area contributed by atoms with Crippen LogP contribution in [-0.4, -0.2) is 75.1 Å². The lowest BCUT2D eigenvalue weighted by Crippen LogP contribution is -2.44. The van der Waals surface area contributed by atoms with E-state index in [2.05, 4.69) is 29.5 Å². The number of rotatable bonds is 9. The maximum Gasteiger partial charge on any atom is 0.191 e. The van der Waals surface area contributed by atoms with Crippen LogP contribution in [0.3, 0.4) is 0 Å². The Morgan fingerprint density at radius 2 is 2.08 bits per heavy atom. The molecule has 0 aromatic carbocycles. The summed E-state index contributed by atoms with van der Waals surface area (Å²) in [4.78, 5) is 7.27. The van der Waals surface area contributed by atoms with Crippen molar-refractivity contribution in [2.75, 3.05) is 53.0 Å². The topological polar surface area (TPSA) is 69.1 Å². The van der Waals surface area contributed by atoms with Crippen molar-refractivity contribution in [1.82, 2.24) is 15.5 Å². The predicted molar refractivity (Wildman–Crippen MR) is 103 cm³/mol. The Bertz CT molecular complexity index is 391. The summed E-state index contributed by atoms with van der Waals surface area (Å²) >= 11 is 0. The molecule has 1 aliphatic carbocycles. The molecular formula is C19H38N4O2. The number of hydrogen-bond acceptors (Lipinski definition) is 4. The highest BCUT2D eigenvalue weighted by atomic mass is 16.5. The van der Waals surface area contributed by atoms with Crippen LogP contribution in [-0.2, 0) is 4.74 Å². The molecular weight excluding hydrogens is 316 g/mol. The van der Waals surface area contributed by atoms with E-state index in [0.717, 1.165) is 51.1 Å². The molecule has 3 N–H and O–H groups in total. The Kier molecular flexibility index (Phi) is 8.99. The van der Waals surface area contributed by atoms with Gasteiger partial charge in [-0.1, -0.05) is 19.3 Å². The fourth-order valence-electron chi connectivity index (χ4n) is 3.93. The SMILES string of the molecule is CCNC(=NCC1(CCO)CCOC1)NCCN(C)C1CCCCC1. The number of ether oxygens (including phenoxy) is 1. The Morgan fingerprint density at radius 3 is 2.72 bits per heavy atom. The van der Waals surface area contributed by atoms with Gasteiger partial charge in [-0.25, -0.2) is 0 Å². The highest BCUT2D eigenvalue weighted by Gasteiger charge is 2.34. The number of aliphatic imine (C=N–C) groups is 1. The first-order chi connectivity index (χ1) is 12.2. The van der Waals surface area contributed by atoms with Crippen LogP contribution < -0.4 is 10.6 Å². The minimum atomic E-state index is 0.00991. The Labute approximate surface area is 153 Å². The summed E-state index contributed by atoms with van der Waals surface area (Å²) in [5, 5.41) is 16.2. The van der Waals surface area contributed by atoms with Gasteiger partial charge in [-0.3, -0.25) is 4.99 Å². The van der Waals surface area contributed by atoms with Crippen LogP contribution in [0.25, 0.3) is 0 Å². The Morgan fingerprint density at radius 1 is 1.28 bits per heavy atom. The van der Waals surface area contributed by atoms with Crippen LogP contribution in [0.2, 0.25) is 0 Å². The number of hydrogen-bond donors (Lipinski definition) is 3. The molecule has 0 radical (unpaired) electrons. The second-order valence-corrected chi connectivity index (χ2v) is 7.67. The van der Waals surface area contributed by atoms with E-state index in [1.165, 1.54) is 32.1 Å². The van der Waals surface area contributed by atoms with Gasteiger partial charge in [0.2, 0.25) is 0 Å². The minimum Gasteiger partial charge on any atom is -0.396 e. The number of nitrogens with one attached hydrogen (secondary N) is 2. The van der Waals surface area contributed by atoms with E-state index in [4.69, 9.17) is 9.73 Å². The van der Waals surface area contributed by atoms with Gasteiger partial charge in [0.15, 0.2) is 5.96 Å². The van der Waals surface area contributed by atoms with Crippen molar-refractivity contribution in [3.8, 4) is 0 Å². The van der Waals surface area contributed by atoms with Crippen LogP contribution >= 0.6 is 0 Å². The Hall–Kier alpha value is -0.850. The van der Waals surface area contributed by atoms with Gasteiger partial charge in [0.1, 0.15) is 0 Å². The molecule has 1 atom stereocenters. The minimum absolute atomic E-state index is 0.00991. The quantitative estimate of drug-likeness (QED) is 0.433. The average molecular weight is 355 g/mol. The molecule has 1 unspecified atom stereocenters. The highest BCUT2D eigenvalue weighted by molar-refractivity contribution is 5.79. The predicted octanol–water partition coefficient (Wildman–Crippen LogP) is 1.60. The lowest BCUT2D eigenvalue weighted by molar-refractivity contribution is 0.131. The number of nitrogens with zero attached hydrogens (tertiary/aromatic N) is 2. The zero-order valence-electron chi connectivity index (χ0n) is 16.2. The second-order valence-electron chi connectivity index (χ2n) is 7.67. The average Bonchev–Trinajstić information content (AvgIpc) is 3.09. The molecule has 6 heteroatoms. The van der Waals surface area contributed by atoms with Gasteiger partial charge >= 0.3 is 0 Å². The first-order valence-corrected chi connectivity index (χ1v) is 10.1. The van der Waals surface area contributed by atoms with Crippen LogP contribution in [0, 0.1) is 5.41 Å². The molecule has 2 fully saturated rings. The van der Waals surface area contributed by atoms with Crippen molar-refractivity contribution in [2.45, 2.75) is 57.9 Å². The van der Waals surface area contributed by atoms with E-state index in [1.54, 1.807) is 0 Å². The molecule has 0 spiro atoms. The molecule has 1 aliphatic heterocycles. The molecule has 1 heterocycles. The number of aliphatic hydroxyl groups is 1. The van der Waals surface area contributed by atoms with E-state index in [0.29, 0.717) is 13.2 Å². The van der Waals surface area contributed by atoms with Crippen LogP contribution in [0.15, 0.2) is 4.99 Å². The summed E-state index contributed by atoms with van der Waals surface area (Å²) in [6.07, 6.45) is 8.59.